The third-order valence-corrected chi connectivity index (χ3v) is 3.12. The molecule has 0 saturated carbocycles. The Kier molecular flexibility index (Phi) is 3.27. The normalized spacial score (nSPS) is 10.0. The molecule has 0 aliphatic carbocycles. The number of benzene rings is 1. The summed E-state index contributed by atoms with van der Waals surface area (Å²) in [6.45, 7) is 0. The molecule has 0 N–H and O–H groups in total. The highest BCUT2D eigenvalue weighted by atomic mass is 32.1. The highest BCUT2D eigenvalue weighted by molar-refractivity contribution is 7.12. The van der Waals surface area contributed by atoms with E-state index in [9.17, 15) is 9.59 Å². The van der Waals surface area contributed by atoms with Crippen molar-refractivity contribution >= 4 is 22.9 Å². The Labute approximate surface area is 97.5 Å². The molecule has 0 aliphatic heterocycles. The van der Waals surface area contributed by atoms with Gasteiger partial charge in [0, 0.05) is 5.56 Å². The molecular formula is C13H10O2S. The summed E-state index contributed by atoms with van der Waals surface area (Å²) < 4.78 is 0. The molecule has 0 aliphatic rings. The summed E-state index contributed by atoms with van der Waals surface area (Å²) in [6, 6.07) is 12.4. The van der Waals surface area contributed by atoms with E-state index in [-0.39, 0.29) is 18.0 Å². The molecule has 2 rings (SSSR count). The SMILES string of the molecule is O=C(CC(=O)c1cccs1)c1ccccc1. The molecule has 2 aromatic rings. The second kappa shape index (κ2) is 4.86. The Balaban J connectivity index is 2.06. The van der Waals surface area contributed by atoms with Crippen molar-refractivity contribution in [3.05, 3.63) is 58.3 Å². The summed E-state index contributed by atoms with van der Waals surface area (Å²) >= 11 is 1.37. The van der Waals surface area contributed by atoms with E-state index in [1.54, 1.807) is 30.3 Å². The molecule has 0 atom stereocenters. The second-order valence-corrected chi connectivity index (χ2v) is 4.31. The lowest BCUT2D eigenvalue weighted by Gasteiger charge is -1.98. The van der Waals surface area contributed by atoms with Gasteiger partial charge >= 0.3 is 0 Å². The zero-order chi connectivity index (χ0) is 11.4. The first-order valence-corrected chi connectivity index (χ1v) is 5.80. The summed E-state index contributed by atoms with van der Waals surface area (Å²) in [6.07, 6.45) is -0.0511. The van der Waals surface area contributed by atoms with Crippen LogP contribution in [0.1, 0.15) is 26.5 Å². The van der Waals surface area contributed by atoms with Gasteiger partial charge in [-0.1, -0.05) is 36.4 Å². The number of carbonyl (C=O) groups excluding carboxylic acids is 2. The molecule has 80 valence electrons. The predicted octanol–water partition coefficient (Wildman–Crippen LogP) is 3.20. The van der Waals surface area contributed by atoms with Gasteiger partial charge < -0.3 is 0 Å². The van der Waals surface area contributed by atoms with Crippen LogP contribution in [0.5, 0.6) is 0 Å². The Morgan fingerprint density at radius 1 is 0.938 bits per heavy atom. The largest absolute Gasteiger partial charge is 0.294 e. The average molecular weight is 230 g/mol. The minimum absolute atomic E-state index is 0.0511. The maximum Gasteiger partial charge on any atom is 0.180 e. The van der Waals surface area contributed by atoms with E-state index in [1.807, 2.05) is 17.5 Å². The van der Waals surface area contributed by atoms with Crippen LogP contribution in [-0.2, 0) is 0 Å². The summed E-state index contributed by atoms with van der Waals surface area (Å²) in [5, 5.41) is 1.83. The van der Waals surface area contributed by atoms with E-state index in [0.29, 0.717) is 10.4 Å². The summed E-state index contributed by atoms with van der Waals surface area (Å²) in [7, 11) is 0. The maximum absolute atomic E-state index is 11.7. The van der Waals surface area contributed by atoms with Gasteiger partial charge in [-0.05, 0) is 11.4 Å². The topological polar surface area (TPSA) is 34.1 Å². The quantitative estimate of drug-likeness (QED) is 0.597. The van der Waals surface area contributed by atoms with Gasteiger partial charge in [-0.2, -0.15) is 0 Å². The van der Waals surface area contributed by atoms with Gasteiger partial charge in [0.15, 0.2) is 11.6 Å². The highest BCUT2D eigenvalue weighted by Gasteiger charge is 2.13. The van der Waals surface area contributed by atoms with Crippen molar-refractivity contribution < 1.29 is 9.59 Å². The van der Waals surface area contributed by atoms with Gasteiger partial charge in [0.25, 0.3) is 0 Å². The standard InChI is InChI=1S/C13H10O2S/c14-11(10-5-2-1-3-6-10)9-12(15)13-7-4-8-16-13/h1-8H,9H2. The number of Topliss-reactive ketones (excluding diaryl/α,β-unsaturated/α-hetero) is 2. The van der Waals surface area contributed by atoms with E-state index in [2.05, 4.69) is 0 Å². The molecule has 0 amide bonds. The molecule has 1 aromatic heterocycles. The van der Waals surface area contributed by atoms with Crippen LogP contribution in [0.4, 0.5) is 0 Å². The van der Waals surface area contributed by atoms with Crippen molar-refractivity contribution in [1.82, 2.24) is 0 Å². The molecule has 0 unspecified atom stereocenters. The van der Waals surface area contributed by atoms with Crippen LogP contribution >= 0.6 is 11.3 Å². The highest BCUT2D eigenvalue weighted by Crippen LogP contribution is 2.13. The monoisotopic (exact) mass is 230 g/mol. The van der Waals surface area contributed by atoms with Crippen LogP contribution in [0.3, 0.4) is 0 Å². The van der Waals surface area contributed by atoms with E-state index < -0.39 is 0 Å². The molecule has 0 spiro atoms. The van der Waals surface area contributed by atoms with Gasteiger partial charge in [-0.15, -0.1) is 11.3 Å². The number of rotatable bonds is 4. The van der Waals surface area contributed by atoms with Crippen molar-refractivity contribution in [2.45, 2.75) is 6.42 Å². The summed E-state index contributed by atoms with van der Waals surface area (Å²) in [5.74, 6) is -0.233. The summed E-state index contributed by atoms with van der Waals surface area (Å²) in [4.78, 5) is 24.1. The molecule has 1 aromatic carbocycles. The van der Waals surface area contributed by atoms with Crippen LogP contribution in [-0.4, -0.2) is 11.6 Å². The van der Waals surface area contributed by atoms with Crippen LogP contribution in [0, 0.1) is 0 Å². The minimum atomic E-state index is -0.126. The van der Waals surface area contributed by atoms with Crippen molar-refractivity contribution in [3.8, 4) is 0 Å². The van der Waals surface area contributed by atoms with Gasteiger partial charge in [0.1, 0.15) is 0 Å². The third-order valence-electron chi connectivity index (χ3n) is 2.21. The zero-order valence-electron chi connectivity index (χ0n) is 8.55. The zero-order valence-corrected chi connectivity index (χ0v) is 9.37. The third kappa shape index (κ3) is 2.44. The summed E-state index contributed by atoms with van der Waals surface area (Å²) in [5.41, 5.74) is 0.590. The Bertz CT molecular complexity index is 486. The fourth-order valence-electron chi connectivity index (χ4n) is 1.40. The Hall–Kier alpha value is -1.74. The van der Waals surface area contributed by atoms with Gasteiger partial charge in [-0.3, -0.25) is 9.59 Å². The van der Waals surface area contributed by atoms with Crippen LogP contribution in [0.15, 0.2) is 47.8 Å². The maximum atomic E-state index is 11.7. The van der Waals surface area contributed by atoms with Crippen molar-refractivity contribution in [2.75, 3.05) is 0 Å². The smallest absolute Gasteiger partial charge is 0.180 e. The lowest BCUT2D eigenvalue weighted by atomic mass is 10.1. The first-order chi connectivity index (χ1) is 7.77. The van der Waals surface area contributed by atoms with Crippen LogP contribution in [0.25, 0.3) is 0 Å². The van der Waals surface area contributed by atoms with Gasteiger partial charge in [0.2, 0.25) is 0 Å². The van der Waals surface area contributed by atoms with Gasteiger partial charge in [-0.25, -0.2) is 0 Å². The minimum Gasteiger partial charge on any atom is -0.294 e. The first kappa shape index (κ1) is 10.8. The fraction of sp³-hybridized carbons (Fsp3) is 0.0769. The van der Waals surface area contributed by atoms with Gasteiger partial charge in [0.05, 0.1) is 11.3 Å². The Morgan fingerprint density at radius 3 is 2.31 bits per heavy atom. The fourth-order valence-corrected chi connectivity index (χ4v) is 2.06. The van der Waals surface area contributed by atoms with E-state index in [1.165, 1.54) is 11.3 Å². The molecule has 1 heterocycles. The number of hydrogen-bond acceptors (Lipinski definition) is 3. The van der Waals surface area contributed by atoms with Crippen molar-refractivity contribution in [3.63, 3.8) is 0 Å². The number of carbonyl (C=O) groups is 2. The molecule has 3 heteroatoms. The lowest BCUT2D eigenvalue weighted by molar-refractivity contribution is 0.0896. The molecule has 0 bridgehead atoms. The van der Waals surface area contributed by atoms with Crippen molar-refractivity contribution in [2.24, 2.45) is 0 Å². The number of ketones is 2. The van der Waals surface area contributed by atoms with E-state index in [0.717, 1.165) is 0 Å². The lowest BCUT2D eigenvalue weighted by Crippen LogP contribution is -2.07. The van der Waals surface area contributed by atoms with E-state index in [4.69, 9.17) is 0 Å². The van der Waals surface area contributed by atoms with E-state index >= 15 is 0 Å². The molecular weight excluding hydrogens is 220 g/mol. The molecule has 0 radical (unpaired) electrons. The molecule has 16 heavy (non-hydrogen) atoms. The van der Waals surface area contributed by atoms with Crippen LogP contribution in [0.2, 0.25) is 0 Å². The molecule has 2 nitrogen and oxygen atoms in total. The average Bonchev–Trinajstić information content (AvgIpc) is 2.83. The molecule has 0 saturated heterocycles. The number of thiophene rings is 1. The van der Waals surface area contributed by atoms with Crippen molar-refractivity contribution in [1.29, 1.82) is 0 Å². The molecule has 0 fully saturated rings. The number of hydrogen-bond donors (Lipinski definition) is 0. The first-order valence-electron chi connectivity index (χ1n) is 4.92. The second-order valence-electron chi connectivity index (χ2n) is 3.37. The Morgan fingerprint density at radius 2 is 1.69 bits per heavy atom. The van der Waals surface area contributed by atoms with Crippen LogP contribution < -0.4 is 0 Å². The predicted molar refractivity (Wildman–Crippen MR) is 64.0 cm³/mol.